The number of fused-ring (bicyclic) bond motifs is 2. The molecule has 2 aromatic carbocycles. The Labute approximate surface area is 407 Å². The third-order valence-electron chi connectivity index (χ3n) is 15.3. The molecule has 0 bridgehead atoms. The fourth-order valence-corrected chi connectivity index (χ4v) is 14.5. The van der Waals surface area contributed by atoms with Crippen LogP contribution >= 0.6 is 19.3 Å². The van der Waals surface area contributed by atoms with Gasteiger partial charge in [0, 0.05) is 41.0 Å². The molecule has 69 heavy (non-hydrogen) atoms. The predicted octanol–water partition coefficient (Wildman–Crippen LogP) is 8.95. The van der Waals surface area contributed by atoms with E-state index in [1.807, 2.05) is 44.0 Å². The molecule has 5 fully saturated rings. The summed E-state index contributed by atoms with van der Waals surface area (Å²) in [5.74, 6) is -3.43. The van der Waals surface area contributed by atoms with Crippen molar-refractivity contribution in [2.24, 2.45) is 0 Å². The number of ether oxygens (including phenoxy) is 2. The third-order valence-corrected chi connectivity index (χ3v) is 18.9. The van der Waals surface area contributed by atoms with Crippen LogP contribution in [-0.4, -0.2) is 124 Å². The Hall–Kier alpha value is -3.54. The topological polar surface area (TPSA) is 147 Å². The Balaban J connectivity index is 0.990. The highest BCUT2D eigenvalue weighted by atomic mass is 32.2. The highest BCUT2D eigenvalue weighted by Gasteiger charge is 2.59. The number of thioether (sulfide) groups is 1. The molecule has 4 aliphatic heterocycles. The second-order valence-electron chi connectivity index (χ2n) is 20.7. The van der Waals surface area contributed by atoms with Gasteiger partial charge in [0.1, 0.15) is 17.6 Å². The number of unbranched alkanes of at least 4 members (excludes halogenated alkanes) is 1. The van der Waals surface area contributed by atoms with Gasteiger partial charge in [-0.2, -0.15) is 0 Å². The molecule has 3 saturated heterocycles. The molecule has 2 aromatic rings. The monoisotopic (exact) mass is 1010 g/mol. The van der Waals surface area contributed by atoms with Gasteiger partial charge in [0.15, 0.2) is 0 Å². The first-order valence-electron chi connectivity index (χ1n) is 24.8. The summed E-state index contributed by atoms with van der Waals surface area (Å²) in [5.41, 5.74) is 0.130. The summed E-state index contributed by atoms with van der Waals surface area (Å²) in [6, 6.07) is 12.6. The smallest absolute Gasteiger partial charge is 0.464 e. The molecule has 8 atom stereocenters. The molecule has 0 radical (unpaired) electrons. The summed E-state index contributed by atoms with van der Waals surface area (Å²) < 4.78 is 85.6. The average Bonchev–Trinajstić information content (AvgIpc) is 3.57. The Morgan fingerprint density at radius 2 is 1.71 bits per heavy atom. The predicted molar refractivity (Wildman–Crippen MR) is 253 cm³/mol. The van der Waals surface area contributed by atoms with E-state index in [2.05, 4.69) is 32.2 Å². The average molecular weight is 1010 g/mol. The van der Waals surface area contributed by atoms with Crippen LogP contribution in [0.2, 0.25) is 0 Å². The van der Waals surface area contributed by atoms with E-state index in [1.54, 1.807) is 17.0 Å². The highest BCUT2D eigenvalue weighted by molar-refractivity contribution is 8.01. The summed E-state index contributed by atoms with van der Waals surface area (Å²) >= 11 is 1.28. The maximum atomic E-state index is 16.7. The maximum Gasteiger partial charge on any atom is 0.522 e. The molecular weight excluding hydrogens is 938 g/mol. The first kappa shape index (κ1) is 51.8. The first-order valence-corrected chi connectivity index (χ1v) is 27.4. The summed E-state index contributed by atoms with van der Waals surface area (Å²) in [5, 5.41) is 5.07. The van der Waals surface area contributed by atoms with E-state index in [0.717, 1.165) is 24.2 Å². The number of alkyl halides is 4. The number of carbonyl (C=O) groups excluding carboxylic acids is 4. The minimum Gasteiger partial charge on any atom is -0.464 e. The van der Waals surface area contributed by atoms with Gasteiger partial charge >= 0.3 is 19.9 Å². The normalized spacial score (nSPS) is 28.9. The lowest BCUT2D eigenvalue weighted by Gasteiger charge is -2.47. The molecular formula is C50H68F4N5O8PS. The van der Waals surface area contributed by atoms with Crippen LogP contribution in [-0.2, 0) is 44.2 Å². The summed E-state index contributed by atoms with van der Waals surface area (Å²) in [6.45, 7) is 7.41. The molecule has 2 aliphatic carbocycles. The Morgan fingerprint density at radius 1 is 0.971 bits per heavy atom. The molecule has 3 amide bonds. The molecule has 380 valence electrons. The van der Waals surface area contributed by atoms with Gasteiger partial charge in [0.25, 0.3) is 0 Å². The van der Waals surface area contributed by atoms with Gasteiger partial charge in [-0.25, -0.2) is 9.48 Å². The number of likely N-dealkylation sites (tertiary alicyclic amines) is 1. The number of amides is 3. The Bertz CT molecular complexity index is 2250. The summed E-state index contributed by atoms with van der Waals surface area (Å²) in [6.07, 6.45) is 1.81. The SMILES string of the molecule is CCCCOP(=O)(NC(C)(C)C(=O)OCCC)[C@H](F)c1ccc2c(c1)CC(C(=O)N[C@H]1CC[C@H](N(C)C3CC(OC(F)(F)F)C3)C[C@H]3CC[C@@H](C(=O)N4C[C@H](c5ccccc5)CC45CC5)N3C1=O)S2. The van der Waals surface area contributed by atoms with Crippen molar-refractivity contribution >= 4 is 43.0 Å². The number of hydrogen-bond donors (Lipinski definition) is 2. The number of rotatable bonds is 18. The zero-order chi connectivity index (χ0) is 49.5. The van der Waals surface area contributed by atoms with Gasteiger partial charge in [-0.1, -0.05) is 62.7 Å². The summed E-state index contributed by atoms with van der Waals surface area (Å²) in [4.78, 5) is 63.7. The number of benzene rings is 2. The standard InChI is InChI=1S/C50H68F4N5O8PS/c1-6-8-23-66-68(64,56-48(3,4)47(63)65-22-7-2)43(51)32-14-19-41-33(24-32)25-42(69-41)44(60)55-39-17-15-35(57(5)37-27-38(28-37)67-50(52,53)54)26-36-16-18-40(59(36)45(39)61)46(62)58-30-34(29-49(58)20-21-49)31-12-10-9-11-13-31/h9-14,19,24,34-40,42-43H,6-8,15-18,20-23,25-30H2,1-5H3,(H,55,60)(H,56,64)/t34-,35+,36-,37?,38?,39+,40+,42?,43+,68?/m1/s1. The zero-order valence-corrected chi connectivity index (χ0v) is 42.0. The van der Waals surface area contributed by atoms with Crippen LogP contribution in [0.1, 0.15) is 140 Å². The molecule has 1 spiro atoms. The van der Waals surface area contributed by atoms with E-state index in [9.17, 15) is 36.9 Å². The van der Waals surface area contributed by atoms with Gasteiger partial charge < -0.3 is 29.3 Å². The fraction of sp³-hybridized carbons (Fsp3) is 0.680. The zero-order valence-electron chi connectivity index (χ0n) is 40.3. The number of hydrogen-bond acceptors (Lipinski definition) is 10. The van der Waals surface area contributed by atoms with Crippen molar-refractivity contribution in [3.05, 3.63) is 65.2 Å². The Morgan fingerprint density at radius 3 is 2.39 bits per heavy atom. The quantitative estimate of drug-likeness (QED) is 0.0639. The van der Waals surface area contributed by atoms with Crippen LogP contribution in [0.3, 0.4) is 0 Å². The van der Waals surface area contributed by atoms with E-state index in [1.165, 1.54) is 37.2 Å². The molecule has 0 aromatic heterocycles. The molecule has 8 rings (SSSR count). The van der Waals surface area contributed by atoms with Crippen LogP contribution in [0.15, 0.2) is 53.4 Å². The van der Waals surface area contributed by atoms with Crippen molar-refractivity contribution in [2.75, 3.05) is 26.8 Å². The van der Waals surface area contributed by atoms with Crippen molar-refractivity contribution in [3.8, 4) is 0 Å². The minimum absolute atomic E-state index is 0.0000506. The van der Waals surface area contributed by atoms with Crippen molar-refractivity contribution < 1.29 is 55.3 Å². The maximum absolute atomic E-state index is 16.7. The number of nitrogens with one attached hydrogen (secondary N) is 2. The largest absolute Gasteiger partial charge is 0.522 e. The van der Waals surface area contributed by atoms with Crippen molar-refractivity contribution in [3.63, 3.8) is 0 Å². The Kier molecular flexibility index (Phi) is 15.7. The molecule has 4 heterocycles. The molecule has 2 unspecified atom stereocenters. The van der Waals surface area contributed by atoms with E-state index >= 15 is 4.39 Å². The minimum atomic E-state index is -4.72. The van der Waals surface area contributed by atoms with Gasteiger partial charge in [-0.05, 0) is 127 Å². The van der Waals surface area contributed by atoms with Crippen molar-refractivity contribution in [1.82, 2.24) is 25.1 Å². The second kappa shape index (κ2) is 20.9. The van der Waals surface area contributed by atoms with Crippen LogP contribution in [0.25, 0.3) is 0 Å². The van der Waals surface area contributed by atoms with E-state index in [4.69, 9.17) is 9.26 Å². The number of carbonyl (C=O) groups is 4. The third kappa shape index (κ3) is 11.4. The van der Waals surface area contributed by atoms with Crippen LogP contribution in [0.4, 0.5) is 17.6 Å². The van der Waals surface area contributed by atoms with Crippen molar-refractivity contribution in [2.45, 2.75) is 193 Å². The lowest BCUT2D eigenvalue weighted by atomic mass is 9.85. The van der Waals surface area contributed by atoms with Crippen molar-refractivity contribution in [1.29, 1.82) is 0 Å². The van der Waals surface area contributed by atoms with E-state index in [0.29, 0.717) is 57.1 Å². The van der Waals surface area contributed by atoms with E-state index < -0.39 is 60.6 Å². The van der Waals surface area contributed by atoms with Gasteiger partial charge in [-0.3, -0.25) is 28.5 Å². The summed E-state index contributed by atoms with van der Waals surface area (Å²) in [7, 11) is -2.47. The molecule has 19 heteroatoms. The van der Waals surface area contributed by atoms with Gasteiger partial charge in [-0.15, -0.1) is 24.9 Å². The number of esters is 1. The highest BCUT2D eigenvalue weighted by Crippen LogP contribution is 2.60. The molecule has 6 aliphatic rings. The molecule has 13 nitrogen and oxygen atoms in total. The first-order chi connectivity index (χ1) is 32.7. The lowest BCUT2D eigenvalue weighted by Crippen LogP contribution is -2.60. The fourth-order valence-electron chi connectivity index (χ4n) is 11.2. The van der Waals surface area contributed by atoms with Crippen LogP contribution in [0.5, 0.6) is 0 Å². The number of halogens is 4. The van der Waals surface area contributed by atoms with Crippen LogP contribution in [0, 0.1) is 0 Å². The van der Waals surface area contributed by atoms with Gasteiger partial charge in [0.2, 0.25) is 23.6 Å². The molecule has 2 saturated carbocycles. The second-order valence-corrected chi connectivity index (χ2v) is 24.0. The van der Waals surface area contributed by atoms with Gasteiger partial charge in [0.05, 0.1) is 24.6 Å². The number of nitrogens with zero attached hydrogens (tertiary/aromatic N) is 3. The van der Waals surface area contributed by atoms with Crippen LogP contribution < -0.4 is 10.4 Å². The molecule has 2 N–H and O–H groups in total. The lowest BCUT2D eigenvalue weighted by molar-refractivity contribution is -0.354. The van der Waals surface area contributed by atoms with E-state index in [-0.39, 0.29) is 85.9 Å².